The minimum Gasteiger partial charge on any atom is -0.386 e. The lowest BCUT2D eigenvalue weighted by molar-refractivity contribution is 0.184. The Bertz CT molecular complexity index is 556. The summed E-state index contributed by atoms with van der Waals surface area (Å²) in [5, 5.41) is 19.1. The first-order valence-corrected chi connectivity index (χ1v) is 8.02. The highest BCUT2D eigenvalue weighted by atomic mass is 35.5. The summed E-state index contributed by atoms with van der Waals surface area (Å²) in [6, 6.07) is 3.60. The molecule has 2 rings (SSSR count). The van der Waals surface area contributed by atoms with Gasteiger partial charge in [0.25, 0.3) is 0 Å². The van der Waals surface area contributed by atoms with Crippen molar-refractivity contribution < 1.29 is 5.11 Å². The molecule has 1 atom stereocenters. The van der Waals surface area contributed by atoms with E-state index in [-0.39, 0.29) is 0 Å². The Morgan fingerprint density at radius 3 is 2.95 bits per heavy atom. The van der Waals surface area contributed by atoms with Gasteiger partial charge < -0.3 is 15.7 Å². The average molecular weight is 331 g/mol. The number of aromatic nitrogens is 1. The highest BCUT2D eigenvalue weighted by Gasteiger charge is 2.11. The van der Waals surface area contributed by atoms with Crippen LogP contribution in [0.1, 0.15) is 16.0 Å². The number of aliphatic hydroxyl groups excluding tert-OH is 1. The number of rotatable bonds is 5. The van der Waals surface area contributed by atoms with Gasteiger partial charge in [-0.15, -0.1) is 22.7 Å². The Labute approximate surface area is 130 Å². The van der Waals surface area contributed by atoms with Crippen LogP contribution in [0.3, 0.4) is 0 Å². The van der Waals surface area contributed by atoms with Gasteiger partial charge >= 0.3 is 0 Å². The largest absolute Gasteiger partial charge is 0.386 e. The molecular formula is C12H15ClN4OS2. The third-order valence-corrected chi connectivity index (χ3v) is 4.61. The number of guanidine groups is 1. The normalized spacial score (nSPS) is 13.2. The van der Waals surface area contributed by atoms with E-state index < -0.39 is 6.10 Å². The summed E-state index contributed by atoms with van der Waals surface area (Å²) in [5.74, 6) is 0.627. The van der Waals surface area contributed by atoms with Crippen LogP contribution in [0.15, 0.2) is 28.7 Å². The molecule has 0 radical (unpaired) electrons. The molecule has 0 fully saturated rings. The lowest BCUT2D eigenvalue weighted by Crippen LogP contribution is -2.38. The van der Waals surface area contributed by atoms with Crippen molar-refractivity contribution in [3.8, 4) is 0 Å². The van der Waals surface area contributed by atoms with Crippen molar-refractivity contribution in [3.63, 3.8) is 0 Å². The van der Waals surface area contributed by atoms with Crippen LogP contribution < -0.4 is 10.6 Å². The molecule has 0 spiro atoms. The molecule has 8 heteroatoms. The van der Waals surface area contributed by atoms with E-state index in [0.717, 1.165) is 9.88 Å². The third-order valence-electron chi connectivity index (χ3n) is 2.50. The number of thiophene rings is 1. The molecule has 0 saturated carbocycles. The second kappa shape index (κ2) is 7.58. The molecule has 0 aromatic carbocycles. The van der Waals surface area contributed by atoms with Gasteiger partial charge in [-0.2, -0.15) is 0 Å². The van der Waals surface area contributed by atoms with E-state index in [4.69, 9.17) is 11.6 Å². The van der Waals surface area contributed by atoms with Gasteiger partial charge in [0, 0.05) is 30.0 Å². The molecule has 2 heterocycles. The maximum absolute atomic E-state index is 10.0. The Kier molecular flexibility index (Phi) is 5.78. The molecule has 1 unspecified atom stereocenters. The molecule has 0 bridgehead atoms. The molecule has 0 saturated heterocycles. The van der Waals surface area contributed by atoms with Crippen molar-refractivity contribution in [3.05, 3.63) is 37.9 Å². The number of hydrogen-bond donors (Lipinski definition) is 3. The summed E-state index contributed by atoms with van der Waals surface area (Å²) in [5.41, 5.74) is 0. The van der Waals surface area contributed by atoms with Crippen molar-refractivity contribution >= 4 is 40.2 Å². The summed E-state index contributed by atoms with van der Waals surface area (Å²) in [4.78, 5) is 9.11. The number of nitrogens with zero attached hydrogens (tertiary/aromatic N) is 2. The Morgan fingerprint density at radius 2 is 2.35 bits per heavy atom. The molecule has 0 aliphatic carbocycles. The molecule has 0 aliphatic rings. The van der Waals surface area contributed by atoms with Crippen LogP contribution in [0.2, 0.25) is 4.34 Å². The number of aliphatic imine (C=N–C) groups is 1. The van der Waals surface area contributed by atoms with Gasteiger partial charge in [0.05, 0.1) is 10.9 Å². The first-order chi connectivity index (χ1) is 9.69. The first kappa shape index (κ1) is 15.2. The van der Waals surface area contributed by atoms with Crippen LogP contribution in [-0.4, -0.2) is 29.6 Å². The number of halogens is 1. The number of nitrogens with one attached hydrogen (secondary N) is 2. The number of hydrogen-bond acceptors (Lipinski definition) is 5. The summed E-state index contributed by atoms with van der Waals surface area (Å²) in [7, 11) is 1.69. The molecule has 0 amide bonds. The van der Waals surface area contributed by atoms with Crippen LogP contribution in [-0.2, 0) is 6.54 Å². The fourth-order valence-electron chi connectivity index (χ4n) is 1.52. The SMILES string of the molecule is CN=C(NCc1nccs1)NCC(O)c1ccc(Cl)s1. The summed E-state index contributed by atoms with van der Waals surface area (Å²) in [6.45, 7) is 0.979. The van der Waals surface area contributed by atoms with Gasteiger partial charge in [-0.05, 0) is 12.1 Å². The standard InChI is InChI=1S/C12H15ClN4OS2/c1-14-12(17-7-11-15-4-5-19-11)16-6-8(18)9-2-3-10(13)20-9/h2-5,8,18H,6-7H2,1H3,(H2,14,16,17). The van der Waals surface area contributed by atoms with Crippen LogP contribution in [0.4, 0.5) is 0 Å². The monoisotopic (exact) mass is 330 g/mol. The molecular weight excluding hydrogens is 316 g/mol. The van der Waals surface area contributed by atoms with Crippen LogP contribution in [0, 0.1) is 0 Å². The second-order valence-electron chi connectivity index (χ2n) is 3.89. The van der Waals surface area contributed by atoms with Crippen molar-refractivity contribution in [2.75, 3.05) is 13.6 Å². The van der Waals surface area contributed by atoms with Crippen molar-refractivity contribution in [2.24, 2.45) is 4.99 Å². The van der Waals surface area contributed by atoms with Gasteiger partial charge in [-0.3, -0.25) is 4.99 Å². The highest BCUT2D eigenvalue weighted by Crippen LogP contribution is 2.26. The van der Waals surface area contributed by atoms with Crippen molar-refractivity contribution in [1.82, 2.24) is 15.6 Å². The lowest BCUT2D eigenvalue weighted by atomic mass is 10.3. The van der Waals surface area contributed by atoms with E-state index in [1.165, 1.54) is 11.3 Å². The fraction of sp³-hybridized carbons (Fsp3) is 0.333. The number of thiazole rings is 1. The van der Waals surface area contributed by atoms with Gasteiger partial charge in [0.1, 0.15) is 11.1 Å². The molecule has 5 nitrogen and oxygen atoms in total. The van der Waals surface area contributed by atoms with E-state index >= 15 is 0 Å². The lowest BCUT2D eigenvalue weighted by Gasteiger charge is -2.13. The van der Waals surface area contributed by atoms with E-state index in [0.29, 0.717) is 23.4 Å². The molecule has 2 aromatic heterocycles. The zero-order chi connectivity index (χ0) is 14.4. The quantitative estimate of drug-likeness (QED) is 0.581. The fourth-order valence-corrected chi connectivity index (χ4v) is 3.12. The molecule has 0 aliphatic heterocycles. The smallest absolute Gasteiger partial charge is 0.191 e. The van der Waals surface area contributed by atoms with E-state index in [2.05, 4.69) is 20.6 Å². The highest BCUT2D eigenvalue weighted by molar-refractivity contribution is 7.16. The maximum Gasteiger partial charge on any atom is 0.191 e. The van der Waals surface area contributed by atoms with Gasteiger partial charge in [0.15, 0.2) is 5.96 Å². The number of aliphatic hydroxyl groups is 1. The molecule has 108 valence electrons. The van der Waals surface area contributed by atoms with Gasteiger partial charge in [-0.1, -0.05) is 11.6 Å². The summed E-state index contributed by atoms with van der Waals surface area (Å²) in [6.07, 6.45) is 1.16. The second-order valence-corrected chi connectivity index (χ2v) is 6.62. The summed E-state index contributed by atoms with van der Waals surface area (Å²) >= 11 is 8.80. The predicted molar refractivity (Wildman–Crippen MR) is 84.6 cm³/mol. The van der Waals surface area contributed by atoms with Crippen LogP contribution >= 0.6 is 34.3 Å². The van der Waals surface area contributed by atoms with E-state index in [1.807, 2.05) is 11.4 Å². The Hall–Kier alpha value is -1.15. The van der Waals surface area contributed by atoms with E-state index in [1.54, 1.807) is 30.6 Å². The maximum atomic E-state index is 10.0. The summed E-state index contributed by atoms with van der Waals surface area (Å²) < 4.78 is 0.672. The minimum absolute atomic E-state index is 0.369. The third kappa shape index (κ3) is 4.45. The first-order valence-electron chi connectivity index (χ1n) is 5.95. The predicted octanol–water partition coefficient (Wildman–Crippen LogP) is 2.26. The average Bonchev–Trinajstić information content (AvgIpc) is 3.10. The minimum atomic E-state index is -0.606. The van der Waals surface area contributed by atoms with Crippen molar-refractivity contribution in [1.29, 1.82) is 0 Å². The van der Waals surface area contributed by atoms with Crippen LogP contribution in [0.25, 0.3) is 0 Å². The zero-order valence-electron chi connectivity index (χ0n) is 10.8. The molecule has 20 heavy (non-hydrogen) atoms. The van der Waals surface area contributed by atoms with E-state index in [9.17, 15) is 5.11 Å². The van der Waals surface area contributed by atoms with Gasteiger partial charge in [0.2, 0.25) is 0 Å². The Morgan fingerprint density at radius 1 is 1.50 bits per heavy atom. The Balaban J connectivity index is 1.79. The topological polar surface area (TPSA) is 69.5 Å². The van der Waals surface area contributed by atoms with Gasteiger partial charge in [-0.25, -0.2) is 4.98 Å². The van der Waals surface area contributed by atoms with Crippen molar-refractivity contribution in [2.45, 2.75) is 12.6 Å². The van der Waals surface area contributed by atoms with Crippen LogP contribution in [0.5, 0.6) is 0 Å². The molecule has 2 aromatic rings. The zero-order valence-corrected chi connectivity index (χ0v) is 13.2. The molecule has 3 N–H and O–H groups in total.